The van der Waals surface area contributed by atoms with Crippen LogP contribution in [0.1, 0.15) is 35.3 Å². The molecule has 3 rings (SSSR count). The van der Waals surface area contributed by atoms with Gasteiger partial charge in [-0.15, -0.1) is 0 Å². The normalized spacial score (nSPS) is 11.4. The minimum Gasteiger partial charge on any atom is -0.379 e. The van der Waals surface area contributed by atoms with Gasteiger partial charge in [-0.3, -0.25) is 4.79 Å². The summed E-state index contributed by atoms with van der Waals surface area (Å²) in [5.41, 5.74) is 2.56. The minimum absolute atomic E-state index is 0.0575. The van der Waals surface area contributed by atoms with Crippen LogP contribution in [0.2, 0.25) is 0 Å². The van der Waals surface area contributed by atoms with Gasteiger partial charge in [-0.1, -0.05) is 43.7 Å². The highest BCUT2D eigenvalue weighted by molar-refractivity contribution is 7.87. The highest BCUT2D eigenvalue weighted by Gasteiger charge is 2.19. The number of halogens is 1. The molecule has 168 valence electrons. The molecule has 0 saturated carbocycles. The summed E-state index contributed by atoms with van der Waals surface area (Å²) >= 11 is 0. The minimum atomic E-state index is -4.07. The zero-order chi connectivity index (χ0) is 23.3. The largest absolute Gasteiger partial charge is 0.379 e. The Labute approximate surface area is 188 Å². The van der Waals surface area contributed by atoms with Crippen LogP contribution in [0.3, 0.4) is 0 Å². The van der Waals surface area contributed by atoms with Gasteiger partial charge in [-0.25, -0.2) is 4.39 Å². The first-order valence-electron chi connectivity index (χ1n) is 10.3. The zero-order valence-corrected chi connectivity index (χ0v) is 19.1. The maximum Gasteiger partial charge on any atom is 0.339 e. The third-order valence-corrected chi connectivity index (χ3v) is 6.04. The van der Waals surface area contributed by atoms with Crippen molar-refractivity contribution >= 4 is 16.0 Å². The number of hydrogen-bond donors (Lipinski definition) is 0. The molecule has 0 unspecified atom stereocenters. The summed E-state index contributed by atoms with van der Waals surface area (Å²) < 4.78 is 42.9. The number of benzene rings is 3. The van der Waals surface area contributed by atoms with Gasteiger partial charge in [0.05, 0.1) is 0 Å². The van der Waals surface area contributed by atoms with Gasteiger partial charge >= 0.3 is 10.1 Å². The Morgan fingerprint density at radius 2 is 1.53 bits per heavy atom. The number of rotatable bonds is 8. The molecule has 0 bridgehead atoms. The fourth-order valence-electron chi connectivity index (χ4n) is 3.19. The quantitative estimate of drug-likeness (QED) is 0.438. The van der Waals surface area contributed by atoms with Crippen molar-refractivity contribution in [3.05, 3.63) is 95.3 Å². The molecular weight excluding hydrogens is 429 g/mol. The molecule has 0 fully saturated rings. The van der Waals surface area contributed by atoms with E-state index in [1.54, 1.807) is 29.2 Å². The fourth-order valence-corrected chi connectivity index (χ4v) is 4.12. The van der Waals surface area contributed by atoms with Crippen molar-refractivity contribution in [2.75, 3.05) is 6.54 Å². The van der Waals surface area contributed by atoms with Crippen LogP contribution in [0, 0.1) is 18.7 Å². The second kappa shape index (κ2) is 9.96. The molecule has 0 aliphatic heterocycles. The van der Waals surface area contributed by atoms with Crippen LogP contribution >= 0.6 is 0 Å². The van der Waals surface area contributed by atoms with Crippen LogP contribution in [-0.4, -0.2) is 25.8 Å². The summed E-state index contributed by atoms with van der Waals surface area (Å²) in [6.07, 6.45) is 0. The smallest absolute Gasteiger partial charge is 0.339 e. The second-order valence-electron chi connectivity index (χ2n) is 8.08. The first-order valence-corrected chi connectivity index (χ1v) is 11.7. The van der Waals surface area contributed by atoms with Crippen LogP contribution in [0.25, 0.3) is 0 Å². The molecule has 1 amide bonds. The van der Waals surface area contributed by atoms with Crippen LogP contribution in [-0.2, 0) is 16.7 Å². The Kier molecular flexibility index (Phi) is 7.30. The van der Waals surface area contributed by atoms with E-state index in [4.69, 9.17) is 4.18 Å². The van der Waals surface area contributed by atoms with Gasteiger partial charge in [0.15, 0.2) is 0 Å². The molecule has 0 aliphatic carbocycles. The van der Waals surface area contributed by atoms with Crippen LogP contribution in [0.4, 0.5) is 4.39 Å². The molecule has 0 aromatic heterocycles. The predicted octanol–water partition coefficient (Wildman–Crippen LogP) is 5.20. The Morgan fingerprint density at radius 1 is 0.938 bits per heavy atom. The molecule has 0 radical (unpaired) electrons. The van der Waals surface area contributed by atoms with Crippen molar-refractivity contribution < 1.29 is 21.8 Å². The van der Waals surface area contributed by atoms with E-state index in [-0.39, 0.29) is 22.5 Å². The number of carbonyl (C=O) groups is 1. The average Bonchev–Trinajstić information content (AvgIpc) is 2.74. The van der Waals surface area contributed by atoms with Crippen LogP contribution in [0.5, 0.6) is 5.75 Å². The summed E-state index contributed by atoms with van der Waals surface area (Å²) in [5.74, 6) is -0.163. The van der Waals surface area contributed by atoms with E-state index in [0.29, 0.717) is 18.7 Å². The van der Waals surface area contributed by atoms with Crippen molar-refractivity contribution in [1.29, 1.82) is 0 Å². The number of aryl methyl sites for hydroxylation is 1. The lowest BCUT2D eigenvalue weighted by Gasteiger charge is -2.25. The van der Waals surface area contributed by atoms with E-state index in [1.165, 1.54) is 0 Å². The summed E-state index contributed by atoms with van der Waals surface area (Å²) in [7, 11) is -4.07. The molecule has 0 aliphatic rings. The molecule has 7 heteroatoms. The standard InChI is InChI=1S/C25H26FNO4S/c1-18(2)16-27(25(28)21-8-4-19(3)5-9-21)17-20-6-12-23(13-7-20)31-32(29,30)24-14-10-22(26)11-15-24/h4-15,18H,16-17H2,1-3H3. The monoisotopic (exact) mass is 455 g/mol. The molecular formula is C25H26FNO4S. The second-order valence-corrected chi connectivity index (χ2v) is 9.63. The van der Waals surface area contributed by atoms with Crippen molar-refractivity contribution in [3.8, 4) is 5.75 Å². The van der Waals surface area contributed by atoms with Gasteiger partial charge in [0.1, 0.15) is 16.5 Å². The van der Waals surface area contributed by atoms with Crippen molar-refractivity contribution in [3.63, 3.8) is 0 Å². The van der Waals surface area contributed by atoms with Gasteiger partial charge in [0, 0.05) is 18.7 Å². The molecule has 32 heavy (non-hydrogen) atoms. The molecule has 3 aromatic carbocycles. The Balaban J connectivity index is 1.73. The molecule has 0 atom stereocenters. The first-order chi connectivity index (χ1) is 15.1. The number of nitrogens with zero attached hydrogens (tertiary/aromatic N) is 1. The van der Waals surface area contributed by atoms with E-state index >= 15 is 0 Å². The van der Waals surface area contributed by atoms with Gasteiger partial charge < -0.3 is 9.08 Å². The molecule has 0 saturated heterocycles. The van der Waals surface area contributed by atoms with E-state index in [2.05, 4.69) is 0 Å². The highest BCUT2D eigenvalue weighted by atomic mass is 32.2. The average molecular weight is 456 g/mol. The summed E-state index contributed by atoms with van der Waals surface area (Å²) in [6.45, 7) is 7.04. The topological polar surface area (TPSA) is 63.7 Å². The van der Waals surface area contributed by atoms with Crippen molar-refractivity contribution in [2.45, 2.75) is 32.2 Å². The summed E-state index contributed by atoms with van der Waals surface area (Å²) in [5, 5.41) is 0. The first kappa shape index (κ1) is 23.5. The number of hydrogen-bond acceptors (Lipinski definition) is 4. The van der Waals surface area contributed by atoms with Crippen molar-refractivity contribution in [2.24, 2.45) is 5.92 Å². The lowest BCUT2D eigenvalue weighted by Crippen LogP contribution is -2.33. The third kappa shape index (κ3) is 6.17. The zero-order valence-electron chi connectivity index (χ0n) is 18.3. The van der Waals surface area contributed by atoms with E-state index in [1.807, 2.05) is 45.0 Å². The van der Waals surface area contributed by atoms with E-state index in [0.717, 1.165) is 35.4 Å². The Hall–Kier alpha value is -3.19. The molecule has 0 spiro atoms. The molecule has 0 N–H and O–H groups in total. The Bertz CT molecular complexity index is 1160. The SMILES string of the molecule is Cc1ccc(C(=O)N(Cc2ccc(OS(=O)(=O)c3ccc(F)cc3)cc2)CC(C)C)cc1. The molecule has 0 heterocycles. The van der Waals surface area contributed by atoms with Crippen LogP contribution in [0.15, 0.2) is 77.7 Å². The number of carbonyl (C=O) groups excluding carboxylic acids is 1. The fraction of sp³-hybridized carbons (Fsp3) is 0.240. The lowest BCUT2D eigenvalue weighted by atomic mass is 10.1. The van der Waals surface area contributed by atoms with Gasteiger partial charge in [0.2, 0.25) is 0 Å². The Morgan fingerprint density at radius 3 is 2.09 bits per heavy atom. The predicted molar refractivity (Wildman–Crippen MR) is 121 cm³/mol. The van der Waals surface area contributed by atoms with Gasteiger partial charge in [-0.2, -0.15) is 8.42 Å². The highest BCUT2D eigenvalue weighted by Crippen LogP contribution is 2.21. The summed E-state index contributed by atoms with van der Waals surface area (Å²) in [6, 6.07) is 18.4. The van der Waals surface area contributed by atoms with Gasteiger partial charge in [0.25, 0.3) is 5.91 Å². The van der Waals surface area contributed by atoms with Crippen LogP contribution < -0.4 is 4.18 Å². The van der Waals surface area contributed by atoms with Gasteiger partial charge in [-0.05, 0) is 66.9 Å². The molecule has 5 nitrogen and oxygen atoms in total. The summed E-state index contributed by atoms with van der Waals surface area (Å²) in [4.78, 5) is 14.7. The number of amides is 1. The third-order valence-electron chi connectivity index (χ3n) is 4.78. The van der Waals surface area contributed by atoms with E-state index in [9.17, 15) is 17.6 Å². The maximum atomic E-state index is 13.0. The van der Waals surface area contributed by atoms with E-state index < -0.39 is 15.9 Å². The maximum absolute atomic E-state index is 13.0. The lowest BCUT2D eigenvalue weighted by molar-refractivity contribution is 0.0722. The molecule has 3 aromatic rings. The van der Waals surface area contributed by atoms with Crippen molar-refractivity contribution in [1.82, 2.24) is 4.90 Å².